The van der Waals surface area contributed by atoms with E-state index >= 15 is 0 Å². The van der Waals surface area contributed by atoms with E-state index in [1.54, 1.807) is 4.90 Å². The average Bonchev–Trinajstić information content (AvgIpc) is 3.18. The van der Waals surface area contributed by atoms with Gasteiger partial charge in [0, 0.05) is 24.9 Å². The van der Waals surface area contributed by atoms with Gasteiger partial charge in [0.05, 0.1) is 23.7 Å². The summed E-state index contributed by atoms with van der Waals surface area (Å²) < 4.78 is 0. The third-order valence-electron chi connectivity index (χ3n) is 9.31. The normalized spacial score (nSPS) is 42.3. The first kappa shape index (κ1) is 21.8. The van der Waals surface area contributed by atoms with Crippen molar-refractivity contribution in [3.05, 3.63) is 0 Å². The molecule has 2 heterocycles. The lowest BCUT2D eigenvalue weighted by molar-refractivity contribution is -0.145. The largest absolute Gasteiger partial charge is 0.299 e. The first-order valence-corrected chi connectivity index (χ1v) is 12.5. The van der Waals surface area contributed by atoms with Gasteiger partial charge in [-0.2, -0.15) is 0 Å². The molecule has 8 atom stereocenters. The third kappa shape index (κ3) is 3.26. The molecule has 2 saturated heterocycles. The fraction of sp³-hybridized carbons (Fsp3) is 0.800. The van der Waals surface area contributed by atoms with E-state index in [9.17, 15) is 24.0 Å². The van der Waals surface area contributed by atoms with Crippen LogP contribution in [0.4, 0.5) is 0 Å². The number of ketones is 1. The van der Waals surface area contributed by atoms with E-state index in [-0.39, 0.29) is 71.0 Å². The van der Waals surface area contributed by atoms with Crippen molar-refractivity contribution in [1.29, 1.82) is 0 Å². The first-order chi connectivity index (χ1) is 15.3. The molecule has 7 heteroatoms. The number of Topliss-reactive ketones (excluding diaryl/α,β-unsaturated/α-hetero) is 1. The Hall–Kier alpha value is -2.05. The van der Waals surface area contributed by atoms with Crippen LogP contribution >= 0.6 is 0 Å². The number of likely N-dealkylation sites (tertiary alicyclic amines) is 2. The van der Waals surface area contributed by atoms with E-state index in [0.29, 0.717) is 44.4 Å². The molecule has 8 unspecified atom stereocenters. The third-order valence-corrected chi connectivity index (χ3v) is 9.31. The predicted octanol–water partition coefficient (Wildman–Crippen LogP) is 2.57. The lowest BCUT2D eigenvalue weighted by atomic mass is 9.67. The molecule has 0 aromatic carbocycles. The number of hydrogen-bond acceptors (Lipinski definition) is 5. The number of carbonyl (C=O) groups is 5. The van der Waals surface area contributed by atoms with Crippen LogP contribution in [0.25, 0.3) is 0 Å². The van der Waals surface area contributed by atoms with E-state index in [1.165, 1.54) is 11.9 Å². The lowest BCUT2D eigenvalue weighted by Gasteiger charge is -2.35. The minimum atomic E-state index is -0.371. The van der Waals surface area contributed by atoms with E-state index in [4.69, 9.17) is 0 Å². The highest BCUT2D eigenvalue weighted by Crippen LogP contribution is 2.47. The number of imide groups is 2. The fourth-order valence-electron chi connectivity index (χ4n) is 7.41. The van der Waals surface area contributed by atoms with E-state index < -0.39 is 0 Å². The zero-order valence-corrected chi connectivity index (χ0v) is 19.1. The Balaban J connectivity index is 1.26. The summed E-state index contributed by atoms with van der Waals surface area (Å²) in [5.74, 6) is -1.57. The Morgan fingerprint density at radius 1 is 0.688 bits per heavy atom. The molecule has 32 heavy (non-hydrogen) atoms. The zero-order chi connectivity index (χ0) is 22.7. The number of hydrogen-bond donors (Lipinski definition) is 0. The number of carbonyl (C=O) groups excluding carboxylic acids is 5. The van der Waals surface area contributed by atoms with Crippen LogP contribution in [-0.2, 0) is 24.0 Å². The highest BCUT2D eigenvalue weighted by Gasteiger charge is 2.55. The van der Waals surface area contributed by atoms with Crippen LogP contribution in [0.15, 0.2) is 0 Å². The summed E-state index contributed by atoms with van der Waals surface area (Å²) in [4.78, 5) is 67.3. The van der Waals surface area contributed by atoms with Gasteiger partial charge in [-0.05, 0) is 57.3 Å². The summed E-state index contributed by atoms with van der Waals surface area (Å²) in [6.07, 6.45) is 7.53. The Morgan fingerprint density at radius 3 is 1.81 bits per heavy atom. The molecule has 7 nitrogen and oxygen atoms in total. The van der Waals surface area contributed by atoms with Crippen molar-refractivity contribution in [2.45, 2.75) is 77.2 Å². The molecule has 0 radical (unpaired) electrons. The highest BCUT2D eigenvalue weighted by atomic mass is 16.2. The Morgan fingerprint density at radius 2 is 1.19 bits per heavy atom. The highest BCUT2D eigenvalue weighted by molar-refractivity contribution is 6.06. The van der Waals surface area contributed by atoms with E-state index in [0.717, 1.165) is 25.7 Å². The van der Waals surface area contributed by atoms with Crippen molar-refractivity contribution in [3.8, 4) is 0 Å². The van der Waals surface area contributed by atoms with Gasteiger partial charge in [0.25, 0.3) is 0 Å². The molecule has 5 fully saturated rings. The standard InChI is InChI=1S/C25H34N2O5/c1-13-5-3-4-6-20(13)27-24(31)17-10-8-15(12-19(17)25(27)32)21(28)14-7-9-16-18(11-14)23(30)26(2)22(16)29/h13-20H,3-12H2,1-2H3. The van der Waals surface area contributed by atoms with Gasteiger partial charge < -0.3 is 0 Å². The van der Waals surface area contributed by atoms with Crippen LogP contribution in [0.1, 0.15) is 71.1 Å². The molecule has 0 N–H and O–H groups in total. The maximum Gasteiger partial charge on any atom is 0.233 e. The van der Waals surface area contributed by atoms with Gasteiger partial charge in [-0.25, -0.2) is 0 Å². The monoisotopic (exact) mass is 442 g/mol. The van der Waals surface area contributed by atoms with Gasteiger partial charge in [0.15, 0.2) is 0 Å². The molecule has 0 aromatic heterocycles. The summed E-state index contributed by atoms with van der Waals surface area (Å²) in [5.41, 5.74) is 0. The molecule has 3 saturated carbocycles. The molecule has 5 rings (SSSR count). The average molecular weight is 443 g/mol. The molecule has 0 spiro atoms. The van der Waals surface area contributed by atoms with Crippen molar-refractivity contribution in [2.24, 2.45) is 41.4 Å². The second kappa shape index (κ2) is 8.07. The number of nitrogens with zero attached hydrogens (tertiary/aromatic N) is 2. The predicted molar refractivity (Wildman–Crippen MR) is 115 cm³/mol. The Labute approximate surface area is 189 Å². The first-order valence-electron chi connectivity index (χ1n) is 12.5. The minimum Gasteiger partial charge on any atom is -0.299 e. The van der Waals surface area contributed by atoms with Gasteiger partial charge in [0.1, 0.15) is 5.78 Å². The van der Waals surface area contributed by atoms with Gasteiger partial charge in [0.2, 0.25) is 23.6 Å². The summed E-state index contributed by atoms with van der Waals surface area (Å²) in [7, 11) is 1.53. The molecule has 3 aliphatic carbocycles. The molecule has 0 aromatic rings. The van der Waals surface area contributed by atoms with Crippen molar-refractivity contribution in [3.63, 3.8) is 0 Å². The maximum atomic E-state index is 13.4. The van der Waals surface area contributed by atoms with Crippen molar-refractivity contribution >= 4 is 29.4 Å². The number of amides is 4. The second-order valence-corrected chi connectivity index (χ2v) is 11.0. The van der Waals surface area contributed by atoms with E-state index in [2.05, 4.69) is 6.92 Å². The van der Waals surface area contributed by atoms with Gasteiger partial charge in [-0.3, -0.25) is 33.8 Å². The smallest absolute Gasteiger partial charge is 0.233 e. The summed E-state index contributed by atoms with van der Waals surface area (Å²) in [6.45, 7) is 2.14. The summed E-state index contributed by atoms with van der Waals surface area (Å²) in [5, 5.41) is 0. The molecular weight excluding hydrogens is 408 g/mol. The molecule has 0 bridgehead atoms. The summed E-state index contributed by atoms with van der Waals surface area (Å²) >= 11 is 0. The van der Waals surface area contributed by atoms with Gasteiger partial charge in [-0.15, -0.1) is 0 Å². The lowest BCUT2D eigenvalue weighted by Crippen LogP contribution is -2.45. The Bertz CT molecular complexity index is 868. The van der Waals surface area contributed by atoms with Crippen LogP contribution in [0, 0.1) is 41.4 Å². The number of rotatable bonds is 3. The van der Waals surface area contributed by atoms with Gasteiger partial charge in [-0.1, -0.05) is 19.8 Å². The molecule has 5 aliphatic rings. The second-order valence-electron chi connectivity index (χ2n) is 11.0. The quantitative estimate of drug-likeness (QED) is 0.627. The van der Waals surface area contributed by atoms with Gasteiger partial charge >= 0.3 is 0 Å². The van der Waals surface area contributed by atoms with Crippen molar-refractivity contribution < 1.29 is 24.0 Å². The molecule has 4 amide bonds. The van der Waals surface area contributed by atoms with Crippen LogP contribution < -0.4 is 0 Å². The molecular formula is C25H34N2O5. The van der Waals surface area contributed by atoms with Crippen LogP contribution in [0.5, 0.6) is 0 Å². The number of fused-ring (bicyclic) bond motifs is 2. The van der Waals surface area contributed by atoms with Crippen molar-refractivity contribution in [1.82, 2.24) is 9.80 Å². The zero-order valence-electron chi connectivity index (χ0n) is 19.1. The van der Waals surface area contributed by atoms with E-state index in [1.807, 2.05) is 0 Å². The Kier molecular flexibility index (Phi) is 5.49. The maximum absolute atomic E-state index is 13.4. The van der Waals surface area contributed by atoms with Crippen LogP contribution in [0.2, 0.25) is 0 Å². The van der Waals surface area contributed by atoms with Crippen LogP contribution in [-0.4, -0.2) is 52.3 Å². The summed E-state index contributed by atoms with van der Waals surface area (Å²) in [6, 6.07) is 0.0154. The fourth-order valence-corrected chi connectivity index (χ4v) is 7.41. The molecule has 2 aliphatic heterocycles. The topological polar surface area (TPSA) is 91.8 Å². The minimum absolute atomic E-state index is 0.0109. The van der Waals surface area contributed by atoms with Crippen molar-refractivity contribution in [2.75, 3.05) is 7.05 Å². The molecule has 174 valence electrons. The van der Waals surface area contributed by atoms with Crippen LogP contribution in [0.3, 0.4) is 0 Å². The SMILES string of the molecule is CC1CCCCC1N1C(=O)C2CCC(C(=O)C3CCC4C(=O)N(C)C(=O)C4C3)CC2C1=O.